The van der Waals surface area contributed by atoms with E-state index < -0.39 is 8.32 Å². The first kappa shape index (κ1) is 23.1. The van der Waals surface area contributed by atoms with E-state index in [1.165, 1.54) is 0 Å². The van der Waals surface area contributed by atoms with Crippen molar-refractivity contribution in [2.75, 3.05) is 27.3 Å². The molecule has 2 rings (SSSR count). The van der Waals surface area contributed by atoms with Gasteiger partial charge in [0.05, 0.1) is 26.4 Å². The maximum absolute atomic E-state index is 13.1. The fourth-order valence-electron chi connectivity index (χ4n) is 3.11. The molecule has 1 amide bonds. The molecular formula is C20H32N4O4Si. The Bertz CT molecular complexity index is 787. The van der Waals surface area contributed by atoms with Gasteiger partial charge in [-0.05, 0) is 48.3 Å². The molecule has 0 saturated carbocycles. The number of hydrogen-bond donors (Lipinski definition) is 0. The van der Waals surface area contributed by atoms with Crippen molar-refractivity contribution in [3.8, 4) is 11.5 Å². The predicted octanol–water partition coefficient (Wildman–Crippen LogP) is 4.62. The summed E-state index contributed by atoms with van der Waals surface area (Å²) in [7, 11) is 1.01. The number of hydrogen-bond acceptors (Lipinski definition) is 5. The first-order chi connectivity index (χ1) is 13.5. The van der Waals surface area contributed by atoms with Crippen LogP contribution in [0.25, 0.3) is 10.4 Å². The van der Waals surface area contributed by atoms with E-state index in [-0.39, 0.29) is 23.1 Å². The lowest BCUT2D eigenvalue weighted by atomic mass is 10.0. The number of benzene rings is 1. The minimum atomic E-state index is -2.09. The number of piperidine rings is 1. The van der Waals surface area contributed by atoms with Crippen molar-refractivity contribution in [1.82, 2.24) is 4.90 Å². The number of likely N-dealkylation sites (tertiary alicyclic amines) is 1. The van der Waals surface area contributed by atoms with Gasteiger partial charge < -0.3 is 18.8 Å². The summed E-state index contributed by atoms with van der Waals surface area (Å²) in [6, 6.07) is 4.86. The molecule has 29 heavy (non-hydrogen) atoms. The maximum atomic E-state index is 13.1. The molecule has 1 aromatic rings. The first-order valence-electron chi connectivity index (χ1n) is 9.77. The Labute approximate surface area is 173 Å². The second kappa shape index (κ2) is 9.07. The summed E-state index contributed by atoms with van der Waals surface area (Å²) in [5.74, 6) is 0.982. The molecule has 160 valence electrons. The summed E-state index contributed by atoms with van der Waals surface area (Å²) in [6.45, 7) is 11.7. The molecule has 0 unspecified atom stereocenters. The summed E-state index contributed by atoms with van der Waals surface area (Å²) in [4.78, 5) is 17.9. The number of ether oxygens (including phenoxy) is 2. The third-order valence-corrected chi connectivity index (χ3v) is 10.4. The number of rotatable bonds is 6. The van der Waals surface area contributed by atoms with Crippen LogP contribution < -0.4 is 9.47 Å². The molecule has 0 bridgehead atoms. The third-order valence-electron chi connectivity index (χ3n) is 5.89. The van der Waals surface area contributed by atoms with Gasteiger partial charge in [0.2, 0.25) is 0 Å². The topological polar surface area (TPSA) is 96.8 Å². The number of methoxy groups -OCH3 is 2. The van der Waals surface area contributed by atoms with Gasteiger partial charge in [0.25, 0.3) is 5.91 Å². The molecule has 1 aliphatic heterocycles. The Balaban J connectivity index is 2.25. The average molecular weight is 421 g/mol. The highest BCUT2D eigenvalue weighted by atomic mass is 28.4. The number of carbonyl (C=O) groups is 1. The lowest BCUT2D eigenvalue weighted by Gasteiger charge is -2.44. The quantitative estimate of drug-likeness (QED) is 0.290. The summed E-state index contributed by atoms with van der Waals surface area (Å²) in [5.41, 5.74) is 9.49. The van der Waals surface area contributed by atoms with Gasteiger partial charge in [-0.1, -0.05) is 25.9 Å². The summed E-state index contributed by atoms with van der Waals surface area (Å²) in [6.07, 6.45) is 0.257. The fraction of sp³-hybridized carbons (Fsp3) is 0.650. The maximum Gasteiger partial charge on any atom is 0.254 e. The highest BCUT2D eigenvalue weighted by Crippen LogP contribution is 2.38. The van der Waals surface area contributed by atoms with Crippen LogP contribution in [-0.4, -0.2) is 58.6 Å². The second-order valence-corrected chi connectivity index (χ2v) is 13.6. The summed E-state index contributed by atoms with van der Waals surface area (Å²) in [5, 5.41) is 3.97. The van der Waals surface area contributed by atoms with Gasteiger partial charge in [-0.25, -0.2) is 0 Å². The Kier molecular flexibility index (Phi) is 7.21. The Morgan fingerprint density at radius 2 is 1.90 bits per heavy atom. The van der Waals surface area contributed by atoms with Crippen LogP contribution in [0.15, 0.2) is 23.3 Å². The molecule has 1 fully saturated rings. The van der Waals surface area contributed by atoms with Crippen LogP contribution in [-0.2, 0) is 4.43 Å². The second-order valence-electron chi connectivity index (χ2n) is 8.80. The highest BCUT2D eigenvalue weighted by Gasteiger charge is 2.42. The van der Waals surface area contributed by atoms with Crippen molar-refractivity contribution in [3.05, 3.63) is 34.2 Å². The summed E-state index contributed by atoms with van der Waals surface area (Å²) >= 11 is 0. The highest BCUT2D eigenvalue weighted by molar-refractivity contribution is 6.74. The molecule has 0 aliphatic carbocycles. The van der Waals surface area contributed by atoms with Crippen LogP contribution in [0.5, 0.6) is 11.5 Å². The number of azide groups is 1. The number of nitrogens with zero attached hydrogens (tertiary/aromatic N) is 4. The number of amides is 1. The van der Waals surface area contributed by atoms with Crippen molar-refractivity contribution in [3.63, 3.8) is 0 Å². The Hall–Kier alpha value is -2.22. The van der Waals surface area contributed by atoms with Gasteiger partial charge in [0.1, 0.15) is 0 Å². The van der Waals surface area contributed by atoms with E-state index in [1.54, 1.807) is 37.3 Å². The van der Waals surface area contributed by atoms with E-state index in [1.807, 2.05) is 0 Å². The van der Waals surface area contributed by atoms with Crippen LogP contribution in [0.1, 0.15) is 37.6 Å². The van der Waals surface area contributed by atoms with Gasteiger partial charge >= 0.3 is 0 Å². The lowest BCUT2D eigenvalue weighted by molar-refractivity contribution is 0.0435. The van der Waals surface area contributed by atoms with Gasteiger partial charge in [0, 0.05) is 23.6 Å². The van der Waals surface area contributed by atoms with Crippen molar-refractivity contribution in [1.29, 1.82) is 0 Å². The lowest BCUT2D eigenvalue weighted by Crippen LogP contribution is -2.55. The van der Waals surface area contributed by atoms with Crippen molar-refractivity contribution in [2.24, 2.45) is 5.11 Å². The van der Waals surface area contributed by atoms with Crippen molar-refractivity contribution >= 4 is 14.2 Å². The van der Waals surface area contributed by atoms with Crippen LogP contribution in [0.2, 0.25) is 18.1 Å². The normalized spacial score (nSPS) is 20.0. The van der Waals surface area contributed by atoms with Gasteiger partial charge in [-0.3, -0.25) is 4.79 Å². The van der Waals surface area contributed by atoms with Crippen molar-refractivity contribution in [2.45, 2.75) is 57.5 Å². The van der Waals surface area contributed by atoms with E-state index in [0.717, 1.165) is 0 Å². The molecule has 0 spiro atoms. The fourth-order valence-corrected chi connectivity index (χ4v) is 4.45. The van der Waals surface area contributed by atoms with E-state index in [9.17, 15) is 4.79 Å². The van der Waals surface area contributed by atoms with Crippen LogP contribution in [0.4, 0.5) is 0 Å². The Morgan fingerprint density at radius 1 is 1.24 bits per heavy atom. The molecule has 8 nitrogen and oxygen atoms in total. The van der Waals surface area contributed by atoms with Crippen LogP contribution in [0.3, 0.4) is 0 Å². The predicted molar refractivity (Wildman–Crippen MR) is 115 cm³/mol. The largest absolute Gasteiger partial charge is 0.493 e. The zero-order chi connectivity index (χ0) is 21.8. The van der Waals surface area contributed by atoms with E-state index in [0.29, 0.717) is 36.6 Å². The van der Waals surface area contributed by atoms with E-state index >= 15 is 0 Å². The van der Waals surface area contributed by atoms with Crippen LogP contribution in [0, 0.1) is 0 Å². The summed E-state index contributed by atoms with van der Waals surface area (Å²) < 4.78 is 17.1. The third kappa shape index (κ3) is 5.23. The SMILES string of the molecule is COc1ccc(C(=O)N2CC[C@H](N=[N+]=[N-])[C@H](O[Si](C)(C)C(C)(C)C)C2)cc1OC. The monoisotopic (exact) mass is 420 g/mol. The number of carbonyl (C=O) groups excluding carboxylic acids is 1. The minimum absolute atomic E-state index is 0.0174. The van der Waals surface area contributed by atoms with Crippen molar-refractivity contribution < 1.29 is 18.7 Å². The molecule has 1 saturated heterocycles. The molecule has 0 N–H and O–H groups in total. The zero-order valence-corrected chi connectivity index (χ0v) is 19.4. The minimum Gasteiger partial charge on any atom is -0.493 e. The molecule has 1 heterocycles. The van der Waals surface area contributed by atoms with Gasteiger partial charge in [0.15, 0.2) is 19.8 Å². The smallest absolute Gasteiger partial charge is 0.254 e. The molecule has 1 aromatic carbocycles. The van der Waals surface area contributed by atoms with Gasteiger partial charge in [-0.15, -0.1) is 0 Å². The molecular weight excluding hydrogens is 388 g/mol. The molecule has 9 heteroatoms. The standard InChI is InChI=1S/C20H32N4O4Si/c1-20(2,3)29(6,7)28-18-13-24(11-10-15(18)22-23-21)19(25)14-8-9-16(26-4)17(12-14)27-5/h8-9,12,15,18H,10-11,13H2,1-7H3/t15-,18+/m0/s1. The molecule has 0 aromatic heterocycles. The van der Waals surface area contributed by atoms with Gasteiger partial charge in [-0.2, -0.15) is 0 Å². The Morgan fingerprint density at radius 3 is 2.45 bits per heavy atom. The first-order valence-corrected chi connectivity index (χ1v) is 12.7. The average Bonchev–Trinajstić information content (AvgIpc) is 2.67. The van der Waals surface area contributed by atoms with E-state index in [4.69, 9.17) is 19.4 Å². The molecule has 1 aliphatic rings. The van der Waals surface area contributed by atoms with E-state index in [2.05, 4.69) is 43.9 Å². The molecule has 0 radical (unpaired) electrons. The zero-order valence-electron chi connectivity index (χ0n) is 18.4. The molecule has 2 atom stereocenters. The van der Waals surface area contributed by atoms with Crippen LogP contribution >= 0.6 is 0 Å².